The molecule has 3 heterocycles. The highest BCUT2D eigenvalue weighted by molar-refractivity contribution is 5.85. The van der Waals surface area contributed by atoms with Crippen LogP contribution in [0.3, 0.4) is 0 Å². The maximum Gasteiger partial charge on any atom is 0.255 e. The van der Waals surface area contributed by atoms with Gasteiger partial charge < -0.3 is 9.64 Å². The molecule has 0 amide bonds. The van der Waals surface area contributed by atoms with E-state index in [1.54, 1.807) is 17.7 Å². The molecule has 7 heteroatoms. The van der Waals surface area contributed by atoms with Gasteiger partial charge in [-0.3, -0.25) is 14.0 Å². The fourth-order valence-electron chi connectivity index (χ4n) is 4.30. The Morgan fingerprint density at radius 2 is 1.72 bits per heavy atom. The number of nitrogens with zero attached hydrogens (tertiary/aromatic N) is 4. The summed E-state index contributed by atoms with van der Waals surface area (Å²) in [5, 5.41) is 5.62. The van der Waals surface area contributed by atoms with Crippen LogP contribution in [0.2, 0.25) is 0 Å². The van der Waals surface area contributed by atoms with Crippen LogP contribution in [0.15, 0.2) is 71.8 Å². The van der Waals surface area contributed by atoms with E-state index in [1.807, 2.05) is 54.9 Å². The molecule has 0 spiro atoms. The van der Waals surface area contributed by atoms with Crippen LogP contribution in [-0.4, -0.2) is 46.0 Å². The average molecular weight is 451 g/mol. The molecule has 2 aromatic carbocycles. The molecule has 0 unspecified atom stereocenters. The molecule has 32 heavy (non-hydrogen) atoms. The summed E-state index contributed by atoms with van der Waals surface area (Å²) in [6, 6.07) is 17.4. The van der Waals surface area contributed by atoms with Crippen molar-refractivity contribution in [2.45, 2.75) is 19.4 Å². The zero-order valence-electron chi connectivity index (χ0n) is 18.1. The third-order valence-electron chi connectivity index (χ3n) is 6.07. The maximum absolute atomic E-state index is 12.8. The molecule has 1 fully saturated rings. The van der Waals surface area contributed by atoms with Crippen molar-refractivity contribution in [3.05, 3.63) is 77.3 Å². The molecule has 166 valence electrons. The molecule has 2 aromatic heterocycles. The van der Waals surface area contributed by atoms with E-state index in [4.69, 9.17) is 4.74 Å². The lowest BCUT2D eigenvalue weighted by atomic mass is 10.1. The number of pyridine rings is 1. The number of ether oxygens (including phenoxy) is 1. The normalized spacial score (nSPS) is 13.9. The van der Waals surface area contributed by atoms with Crippen LogP contribution < -0.4 is 10.3 Å². The second-order valence-electron chi connectivity index (χ2n) is 8.01. The predicted molar refractivity (Wildman–Crippen MR) is 130 cm³/mol. The third kappa shape index (κ3) is 4.42. The second-order valence-corrected chi connectivity index (χ2v) is 8.01. The van der Waals surface area contributed by atoms with Crippen molar-refractivity contribution in [1.82, 2.24) is 19.2 Å². The predicted octanol–water partition coefficient (Wildman–Crippen LogP) is 4.38. The number of halogens is 1. The van der Waals surface area contributed by atoms with Gasteiger partial charge in [0.2, 0.25) is 0 Å². The Morgan fingerprint density at radius 1 is 0.938 bits per heavy atom. The zero-order chi connectivity index (χ0) is 21.2. The van der Waals surface area contributed by atoms with Gasteiger partial charge in [-0.15, -0.1) is 12.4 Å². The maximum atomic E-state index is 12.8. The van der Waals surface area contributed by atoms with Crippen molar-refractivity contribution in [3.63, 3.8) is 0 Å². The zero-order valence-corrected chi connectivity index (χ0v) is 18.9. The van der Waals surface area contributed by atoms with Gasteiger partial charge in [-0.1, -0.05) is 12.1 Å². The summed E-state index contributed by atoms with van der Waals surface area (Å²) in [6.45, 7) is 4.31. The minimum Gasteiger partial charge on any atom is -0.497 e. The Bertz CT molecular complexity index is 1260. The van der Waals surface area contributed by atoms with Gasteiger partial charge in [-0.25, -0.2) is 0 Å². The summed E-state index contributed by atoms with van der Waals surface area (Å²) >= 11 is 0. The lowest BCUT2D eigenvalue weighted by molar-refractivity contribution is 0.318. The molecular formula is C25H27ClN4O2. The summed E-state index contributed by atoms with van der Waals surface area (Å²) in [4.78, 5) is 15.3. The highest BCUT2D eigenvalue weighted by atomic mass is 35.5. The van der Waals surface area contributed by atoms with Crippen LogP contribution in [0.25, 0.3) is 27.7 Å². The van der Waals surface area contributed by atoms with E-state index in [9.17, 15) is 4.79 Å². The molecule has 1 aliphatic rings. The largest absolute Gasteiger partial charge is 0.497 e. The number of aromatic nitrogens is 3. The molecular weight excluding hydrogens is 424 g/mol. The number of fused-ring (bicyclic) bond motifs is 1. The quantitative estimate of drug-likeness (QED) is 0.437. The fourth-order valence-corrected chi connectivity index (χ4v) is 4.30. The SMILES string of the molecule is COc1ccc(-c2ccn(-c3ccc4c(cnn4CCN4CCCC4)c3)c(=O)c2)cc1.Cl. The second kappa shape index (κ2) is 9.59. The van der Waals surface area contributed by atoms with Gasteiger partial charge in [0.1, 0.15) is 5.75 Å². The van der Waals surface area contributed by atoms with Gasteiger partial charge in [-0.05, 0) is 73.5 Å². The van der Waals surface area contributed by atoms with Gasteiger partial charge in [0.05, 0.1) is 25.4 Å². The number of likely N-dealkylation sites (tertiary alicyclic amines) is 1. The van der Waals surface area contributed by atoms with Crippen molar-refractivity contribution >= 4 is 23.3 Å². The fraction of sp³-hybridized carbons (Fsp3) is 0.280. The van der Waals surface area contributed by atoms with Crippen LogP contribution in [0.1, 0.15) is 12.8 Å². The molecule has 0 atom stereocenters. The standard InChI is InChI=1S/C25H26N4O2.ClH/c1-31-23-7-4-19(5-8-23)20-10-13-28(25(30)17-20)22-6-9-24-21(16-22)18-26-29(24)15-14-27-11-2-3-12-27;/h4-10,13,16-18H,2-3,11-12,14-15H2,1H3;1H. The van der Waals surface area contributed by atoms with E-state index in [1.165, 1.54) is 25.9 Å². The number of hydrogen-bond acceptors (Lipinski definition) is 4. The first-order valence-corrected chi connectivity index (χ1v) is 10.8. The Morgan fingerprint density at radius 3 is 2.44 bits per heavy atom. The molecule has 1 saturated heterocycles. The third-order valence-corrected chi connectivity index (χ3v) is 6.07. The first-order valence-electron chi connectivity index (χ1n) is 10.8. The van der Waals surface area contributed by atoms with Crippen LogP contribution in [0.5, 0.6) is 5.75 Å². The van der Waals surface area contributed by atoms with Crippen molar-refractivity contribution in [1.29, 1.82) is 0 Å². The van der Waals surface area contributed by atoms with Gasteiger partial charge in [-0.2, -0.15) is 5.10 Å². The average Bonchev–Trinajstić information content (AvgIpc) is 3.47. The molecule has 4 aromatic rings. The minimum atomic E-state index is -0.0610. The number of rotatable bonds is 6. The highest BCUT2D eigenvalue weighted by Crippen LogP contribution is 2.22. The summed E-state index contributed by atoms with van der Waals surface area (Å²) in [6.07, 6.45) is 6.32. The smallest absolute Gasteiger partial charge is 0.255 e. The van der Waals surface area contributed by atoms with Gasteiger partial charge in [0.15, 0.2) is 0 Å². The highest BCUT2D eigenvalue weighted by Gasteiger charge is 2.12. The van der Waals surface area contributed by atoms with Gasteiger partial charge in [0.25, 0.3) is 5.56 Å². The molecule has 0 radical (unpaired) electrons. The van der Waals surface area contributed by atoms with Crippen LogP contribution in [0, 0.1) is 0 Å². The first-order chi connectivity index (χ1) is 15.2. The molecule has 0 N–H and O–H groups in total. The van der Waals surface area contributed by atoms with E-state index in [0.717, 1.165) is 46.6 Å². The van der Waals surface area contributed by atoms with Crippen molar-refractivity contribution in [2.75, 3.05) is 26.7 Å². The van der Waals surface area contributed by atoms with Gasteiger partial charge >= 0.3 is 0 Å². The van der Waals surface area contributed by atoms with Crippen molar-refractivity contribution in [2.24, 2.45) is 0 Å². The first kappa shape index (κ1) is 22.1. The summed E-state index contributed by atoms with van der Waals surface area (Å²) < 4.78 is 8.95. The Hall–Kier alpha value is -3.09. The lowest BCUT2D eigenvalue weighted by Gasteiger charge is -2.14. The van der Waals surface area contributed by atoms with E-state index >= 15 is 0 Å². The molecule has 0 aliphatic carbocycles. The number of benzene rings is 2. The van der Waals surface area contributed by atoms with Gasteiger partial charge in [0, 0.05) is 29.9 Å². The Balaban J connectivity index is 0.00000245. The van der Waals surface area contributed by atoms with Crippen LogP contribution >= 0.6 is 12.4 Å². The Kier molecular flexibility index (Phi) is 6.63. The molecule has 0 saturated carbocycles. The topological polar surface area (TPSA) is 52.3 Å². The van der Waals surface area contributed by atoms with E-state index < -0.39 is 0 Å². The summed E-state index contributed by atoms with van der Waals surface area (Å²) in [5.74, 6) is 0.798. The molecule has 5 rings (SSSR count). The molecule has 0 bridgehead atoms. The molecule has 6 nitrogen and oxygen atoms in total. The van der Waals surface area contributed by atoms with E-state index in [0.29, 0.717) is 0 Å². The summed E-state index contributed by atoms with van der Waals surface area (Å²) in [5.41, 5.74) is 3.76. The summed E-state index contributed by atoms with van der Waals surface area (Å²) in [7, 11) is 1.64. The van der Waals surface area contributed by atoms with Crippen LogP contribution in [0.4, 0.5) is 0 Å². The number of hydrogen-bond donors (Lipinski definition) is 0. The van der Waals surface area contributed by atoms with Crippen LogP contribution in [-0.2, 0) is 6.54 Å². The molecule has 1 aliphatic heterocycles. The van der Waals surface area contributed by atoms with Crippen molar-refractivity contribution in [3.8, 4) is 22.6 Å². The number of methoxy groups -OCH3 is 1. The van der Waals surface area contributed by atoms with E-state index in [-0.39, 0.29) is 18.0 Å². The minimum absolute atomic E-state index is 0. The Labute approximate surface area is 193 Å². The lowest BCUT2D eigenvalue weighted by Crippen LogP contribution is -2.24. The monoisotopic (exact) mass is 450 g/mol. The van der Waals surface area contributed by atoms with Crippen molar-refractivity contribution < 1.29 is 4.74 Å². The van der Waals surface area contributed by atoms with E-state index in [2.05, 4.69) is 20.7 Å².